The van der Waals surface area contributed by atoms with E-state index in [4.69, 9.17) is 19.3 Å². The Morgan fingerprint density at radius 2 is 1.69 bits per heavy atom. The number of anilines is 2. The SMILES string of the molecule is CC(C)(C)OC(=O)N1CCOc2cc(O)ccc21.Oc1ccc2c(c1)OCCN2. The van der Waals surface area contributed by atoms with Crippen LogP contribution in [-0.4, -0.2) is 48.2 Å². The monoisotopic (exact) mass is 402 g/mol. The zero-order chi connectivity index (χ0) is 21.0. The molecule has 0 spiro atoms. The van der Waals surface area contributed by atoms with Crippen LogP contribution in [0.4, 0.5) is 16.2 Å². The van der Waals surface area contributed by atoms with E-state index in [0.29, 0.717) is 31.2 Å². The standard InChI is InChI=1S/C13H17NO4.C8H9NO2/c1-13(2,3)18-12(16)14-6-7-17-11-8-9(15)4-5-10(11)14;10-6-1-2-7-8(5-6)11-4-3-9-7/h4-5,8,15H,6-7H2,1-3H3;1-2,5,9-10H,3-4H2. The number of hydrogen-bond acceptors (Lipinski definition) is 7. The van der Waals surface area contributed by atoms with Crippen LogP contribution in [0.5, 0.6) is 23.0 Å². The van der Waals surface area contributed by atoms with Crippen LogP contribution in [0.2, 0.25) is 0 Å². The fourth-order valence-corrected chi connectivity index (χ4v) is 2.84. The lowest BCUT2D eigenvalue weighted by Crippen LogP contribution is -2.41. The van der Waals surface area contributed by atoms with Gasteiger partial charge in [0.2, 0.25) is 0 Å². The summed E-state index contributed by atoms with van der Waals surface area (Å²) in [5.41, 5.74) is 1.04. The minimum atomic E-state index is -0.535. The third kappa shape index (κ3) is 5.37. The molecule has 29 heavy (non-hydrogen) atoms. The number of phenols is 2. The van der Waals surface area contributed by atoms with E-state index >= 15 is 0 Å². The van der Waals surface area contributed by atoms with Crippen LogP contribution in [0, 0.1) is 0 Å². The molecule has 0 atom stereocenters. The molecule has 2 aromatic carbocycles. The van der Waals surface area contributed by atoms with Crippen LogP contribution in [0.3, 0.4) is 0 Å². The van der Waals surface area contributed by atoms with Gasteiger partial charge < -0.3 is 29.7 Å². The number of fused-ring (bicyclic) bond motifs is 2. The minimum Gasteiger partial charge on any atom is -0.508 e. The summed E-state index contributed by atoms with van der Waals surface area (Å²) in [5.74, 6) is 1.58. The van der Waals surface area contributed by atoms with Crippen molar-refractivity contribution in [1.82, 2.24) is 0 Å². The Labute approximate surface area is 169 Å². The number of hydrogen-bond donors (Lipinski definition) is 3. The molecule has 0 radical (unpaired) electrons. The maximum atomic E-state index is 12.0. The fraction of sp³-hybridized carbons (Fsp3) is 0.381. The molecule has 0 unspecified atom stereocenters. The first-order valence-corrected chi connectivity index (χ1v) is 9.39. The van der Waals surface area contributed by atoms with Crippen molar-refractivity contribution in [2.45, 2.75) is 26.4 Å². The molecule has 0 saturated heterocycles. The first-order chi connectivity index (χ1) is 13.7. The van der Waals surface area contributed by atoms with Gasteiger partial charge in [0, 0.05) is 18.7 Å². The lowest BCUT2D eigenvalue weighted by Gasteiger charge is -2.31. The molecular weight excluding hydrogens is 376 g/mol. The van der Waals surface area contributed by atoms with Crippen molar-refractivity contribution in [3.05, 3.63) is 36.4 Å². The predicted molar refractivity (Wildman–Crippen MR) is 109 cm³/mol. The Morgan fingerprint density at radius 1 is 1.03 bits per heavy atom. The van der Waals surface area contributed by atoms with E-state index in [1.165, 1.54) is 17.0 Å². The topological polar surface area (TPSA) is 100 Å². The zero-order valence-electron chi connectivity index (χ0n) is 16.8. The summed E-state index contributed by atoms with van der Waals surface area (Å²) in [7, 11) is 0. The number of benzene rings is 2. The summed E-state index contributed by atoms with van der Waals surface area (Å²) in [6.45, 7) is 7.78. The van der Waals surface area contributed by atoms with Crippen LogP contribution in [0.1, 0.15) is 20.8 Å². The van der Waals surface area contributed by atoms with Gasteiger partial charge in [-0.05, 0) is 45.0 Å². The molecule has 1 amide bonds. The summed E-state index contributed by atoms with van der Waals surface area (Å²) >= 11 is 0. The van der Waals surface area contributed by atoms with Crippen molar-refractivity contribution < 1.29 is 29.2 Å². The molecule has 2 heterocycles. The number of rotatable bonds is 0. The summed E-state index contributed by atoms with van der Waals surface area (Å²) in [6.07, 6.45) is -0.405. The maximum Gasteiger partial charge on any atom is 0.415 e. The van der Waals surface area contributed by atoms with Crippen LogP contribution >= 0.6 is 0 Å². The highest BCUT2D eigenvalue weighted by Crippen LogP contribution is 2.35. The smallest absolute Gasteiger partial charge is 0.415 e. The summed E-state index contributed by atoms with van der Waals surface area (Å²) in [6, 6.07) is 9.72. The molecule has 2 aliphatic rings. The number of carbonyl (C=O) groups excluding carboxylic acids is 1. The van der Waals surface area contributed by atoms with E-state index in [1.807, 2.05) is 26.8 Å². The molecule has 8 nitrogen and oxygen atoms in total. The second kappa shape index (κ2) is 8.38. The second-order valence-electron chi connectivity index (χ2n) is 7.59. The number of carbonyl (C=O) groups is 1. The fourth-order valence-electron chi connectivity index (χ4n) is 2.84. The highest BCUT2D eigenvalue weighted by Gasteiger charge is 2.28. The van der Waals surface area contributed by atoms with Crippen molar-refractivity contribution in [2.24, 2.45) is 0 Å². The van der Waals surface area contributed by atoms with Gasteiger partial charge in [0.15, 0.2) is 0 Å². The van der Waals surface area contributed by atoms with E-state index in [2.05, 4.69) is 5.32 Å². The molecule has 2 aromatic rings. The Morgan fingerprint density at radius 3 is 2.41 bits per heavy atom. The largest absolute Gasteiger partial charge is 0.508 e. The predicted octanol–water partition coefficient (Wildman–Crippen LogP) is 3.72. The Kier molecular flexibility index (Phi) is 5.91. The van der Waals surface area contributed by atoms with Crippen LogP contribution in [-0.2, 0) is 4.74 Å². The van der Waals surface area contributed by atoms with Crippen molar-refractivity contribution in [2.75, 3.05) is 36.5 Å². The van der Waals surface area contributed by atoms with Gasteiger partial charge in [-0.2, -0.15) is 0 Å². The van der Waals surface area contributed by atoms with Crippen molar-refractivity contribution >= 4 is 17.5 Å². The van der Waals surface area contributed by atoms with E-state index < -0.39 is 11.7 Å². The molecule has 3 N–H and O–H groups in total. The molecule has 156 valence electrons. The van der Waals surface area contributed by atoms with Gasteiger partial charge in [0.25, 0.3) is 0 Å². The quantitative estimate of drug-likeness (QED) is 0.577. The first kappa shape index (κ1) is 20.4. The molecule has 0 saturated carbocycles. The van der Waals surface area contributed by atoms with E-state index in [0.717, 1.165) is 18.0 Å². The third-order valence-corrected chi connectivity index (χ3v) is 4.06. The average molecular weight is 402 g/mol. The second-order valence-corrected chi connectivity index (χ2v) is 7.59. The van der Waals surface area contributed by atoms with E-state index in [-0.39, 0.29) is 11.5 Å². The van der Waals surface area contributed by atoms with Crippen molar-refractivity contribution in [1.29, 1.82) is 0 Å². The third-order valence-electron chi connectivity index (χ3n) is 4.06. The lowest BCUT2D eigenvalue weighted by molar-refractivity contribution is 0.0567. The number of aromatic hydroxyl groups is 2. The van der Waals surface area contributed by atoms with Crippen molar-refractivity contribution in [3.63, 3.8) is 0 Å². The Balaban J connectivity index is 0.000000186. The minimum absolute atomic E-state index is 0.111. The number of phenolic OH excluding ortho intramolecular Hbond substituents is 2. The van der Waals surface area contributed by atoms with E-state index in [1.54, 1.807) is 18.2 Å². The molecule has 0 aromatic heterocycles. The number of nitrogens with zero attached hydrogens (tertiary/aromatic N) is 1. The maximum absolute atomic E-state index is 12.0. The van der Waals surface area contributed by atoms with Crippen LogP contribution in [0.25, 0.3) is 0 Å². The molecular formula is C21H26N2O6. The van der Waals surface area contributed by atoms with Crippen molar-refractivity contribution in [3.8, 4) is 23.0 Å². The summed E-state index contributed by atoms with van der Waals surface area (Å²) in [5, 5.41) is 21.6. The molecule has 0 aliphatic carbocycles. The number of nitrogens with one attached hydrogen (secondary N) is 1. The number of amides is 1. The van der Waals surface area contributed by atoms with Gasteiger partial charge in [-0.15, -0.1) is 0 Å². The van der Waals surface area contributed by atoms with Crippen LogP contribution < -0.4 is 19.7 Å². The van der Waals surface area contributed by atoms with Crippen LogP contribution in [0.15, 0.2) is 36.4 Å². The van der Waals surface area contributed by atoms with Gasteiger partial charge in [-0.1, -0.05) is 0 Å². The highest BCUT2D eigenvalue weighted by molar-refractivity contribution is 5.90. The summed E-state index contributed by atoms with van der Waals surface area (Å²) < 4.78 is 16.0. The average Bonchev–Trinajstić information content (AvgIpc) is 2.66. The van der Waals surface area contributed by atoms with E-state index in [9.17, 15) is 9.90 Å². The first-order valence-electron chi connectivity index (χ1n) is 9.39. The van der Waals surface area contributed by atoms with Gasteiger partial charge in [0.05, 0.1) is 17.9 Å². The molecule has 0 fully saturated rings. The Hall–Kier alpha value is -3.29. The number of ether oxygens (including phenoxy) is 3. The summed E-state index contributed by atoms with van der Waals surface area (Å²) in [4.78, 5) is 13.6. The molecule has 4 rings (SSSR count). The molecule has 2 aliphatic heterocycles. The Bertz CT molecular complexity index is 878. The van der Waals surface area contributed by atoms with Gasteiger partial charge in [-0.3, -0.25) is 4.90 Å². The molecule has 0 bridgehead atoms. The molecule has 8 heteroatoms. The van der Waals surface area contributed by atoms with Gasteiger partial charge >= 0.3 is 6.09 Å². The normalized spacial score (nSPS) is 14.7. The zero-order valence-corrected chi connectivity index (χ0v) is 16.8. The lowest BCUT2D eigenvalue weighted by atomic mass is 10.2. The van der Waals surface area contributed by atoms with Gasteiger partial charge in [-0.25, -0.2) is 4.79 Å². The van der Waals surface area contributed by atoms with Gasteiger partial charge in [0.1, 0.15) is 41.8 Å². The highest BCUT2D eigenvalue weighted by atomic mass is 16.6.